The van der Waals surface area contributed by atoms with E-state index in [1.807, 2.05) is 13.8 Å². The van der Waals surface area contributed by atoms with Crippen LogP contribution in [0.1, 0.15) is 25.8 Å². The van der Waals surface area contributed by atoms with E-state index in [2.05, 4.69) is 10.3 Å². The molecule has 0 saturated carbocycles. The van der Waals surface area contributed by atoms with Crippen molar-refractivity contribution in [1.82, 2.24) is 9.55 Å². The smallest absolute Gasteiger partial charge is 0.262 e. The maximum absolute atomic E-state index is 13.2. The Bertz CT molecular complexity index is 1180. The van der Waals surface area contributed by atoms with Crippen LogP contribution in [-0.2, 0) is 16.1 Å². The summed E-state index contributed by atoms with van der Waals surface area (Å²) in [6, 6.07) is 10.4. The fraction of sp³-hybridized carbons (Fsp3) is 0.348. The average molecular weight is 494 g/mol. The second-order valence-electron chi connectivity index (χ2n) is 7.22. The number of hydrogen-bond donors (Lipinski definition) is 1. The summed E-state index contributed by atoms with van der Waals surface area (Å²) in [5.41, 5.74) is 1.79. The number of aromatic nitrogens is 2. The molecule has 0 radical (unpaired) electrons. The first kappa shape index (κ1) is 24.6. The zero-order chi connectivity index (χ0) is 23.3. The van der Waals surface area contributed by atoms with E-state index in [1.54, 1.807) is 47.9 Å². The molecule has 1 amide bonds. The van der Waals surface area contributed by atoms with Gasteiger partial charge in [-0.3, -0.25) is 14.2 Å². The molecule has 1 N–H and O–H groups in total. The number of nitrogens with one attached hydrogen (secondary N) is 1. The third kappa shape index (κ3) is 5.84. The van der Waals surface area contributed by atoms with E-state index in [1.165, 1.54) is 11.8 Å². The number of fused-ring (bicyclic) bond motifs is 1. The number of nitrogens with zero attached hydrogens (tertiary/aromatic N) is 2. The van der Waals surface area contributed by atoms with E-state index in [0.717, 1.165) is 5.56 Å². The lowest BCUT2D eigenvalue weighted by molar-refractivity contribution is -0.115. The molecule has 2 aromatic carbocycles. The molecule has 170 valence electrons. The van der Waals surface area contributed by atoms with Crippen LogP contribution in [0, 0.1) is 6.92 Å². The first-order valence-corrected chi connectivity index (χ1v) is 12.0. The van der Waals surface area contributed by atoms with Gasteiger partial charge in [-0.15, -0.1) is 0 Å². The van der Waals surface area contributed by atoms with Crippen molar-refractivity contribution < 1.29 is 9.53 Å². The van der Waals surface area contributed by atoms with Gasteiger partial charge in [-0.05, 0) is 63.1 Å². The highest BCUT2D eigenvalue weighted by molar-refractivity contribution is 8.00. The molecule has 6 nitrogen and oxygen atoms in total. The summed E-state index contributed by atoms with van der Waals surface area (Å²) in [5, 5.41) is 4.44. The normalized spacial score (nSPS) is 12.2. The summed E-state index contributed by atoms with van der Waals surface area (Å²) in [6.45, 7) is 7.14. The third-order valence-corrected chi connectivity index (χ3v) is 6.67. The molecule has 9 heteroatoms. The van der Waals surface area contributed by atoms with Crippen molar-refractivity contribution in [3.63, 3.8) is 0 Å². The molecule has 32 heavy (non-hydrogen) atoms. The molecule has 0 bridgehead atoms. The molecule has 1 unspecified atom stereocenters. The second kappa shape index (κ2) is 11.2. The number of carbonyl (C=O) groups excluding carboxylic acids is 1. The Morgan fingerprint density at radius 1 is 1.28 bits per heavy atom. The zero-order valence-corrected chi connectivity index (χ0v) is 20.5. The van der Waals surface area contributed by atoms with Gasteiger partial charge < -0.3 is 10.1 Å². The minimum absolute atomic E-state index is 0.163. The lowest BCUT2D eigenvalue weighted by Gasteiger charge is -2.17. The van der Waals surface area contributed by atoms with Crippen molar-refractivity contribution in [3.05, 3.63) is 62.4 Å². The third-order valence-electron chi connectivity index (χ3n) is 4.93. The molecule has 3 rings (SSSR count). The number of anilines is 1. The van der Waals surface area contributed by atoms with E-state index >= 15 is 0 Å². The molecule has 3 aromatic rings. The second-order valence-corrected chi connectivity index (χ2v) is 9.38. The van der Waals surface area contributed by atoms with Crippen LogP contribution in [0.5, 0.6) is 0 Å². The van der Waals surface area contributed by atoms with E-state index in [4.69, 9.17) is 27.9 Å². The Hall–Kier alpha value is -2.06. The monoisotopic (exact) mass is 493 g/mol. The number of benzene rings is 2. The Morgan fingerprint density at radius 2 is 2.06 bits per heavy atom. The summed E-state index contributed by atoms with van der Waals surface area (Å²) in [4.78, 5) is 30.7. The van der Waals surface area contributed by atoms with E-state index in [-0.39, 0.29) is 11.5 Å². The van der Waals surface area contributed by atoms with Crippen LogP contribution >= 0.6 is 35.0 Å². The number of hydrogen-bond acceptors (Lipinski definition) is 5. The van der Waals surface area contributed by atoms with E-state index in [9.17, 15) is 9.59 Å². The van der Waals surface area contributed by atoms with Crippen LogP contribution < -0.4 is 10.9 Å². The van der Waals surface area contributed by atoms with Crippen molar-refractivity contribution in [3.8, 4) is 0 Å². The van der Waals surface area contributed by atoms with Crippen molar-refractivity contribution >= 4 is 57.5 Å². The van der Waals surface area contributed by atoms with Crippen LogP contribution in [0.15, 0.2) is 46.3 Å². The van der Waals surface area contributed by atoms with E-state index in [0.29, 0.717) is 58.0 Å². The summed E-state index contributed by atoms with van der Waals surface area (Å²) in [5.74, 6) is -0.207. The Labute approximate surface area is 201 Å². The Balaban J connectivity index is 1.88. The van der Waals surface area contributed by atoms with Gasteiger partial charge in [0.25, 0.3) is 5.56 Å². The molecule has 0 aliphatic carbocycles. The Kier molecular flexibility index (Phi) is 8.59. The molecule has 0 aliphatic heterocycles. The quantitative estimate of drug-likeness (QED) is 0.240. The minimum atomic E-state index is -0.505. The van der Waals surface area contributed by atoms with Crippen LogP contribution in [-0.4, -0.2) is 33.9 Å². The maximum atomic E-state index is 13.2. The van der Waals surface area contributed by atoms with Gasteiger partial charge in [0.2, 0.25) is 5.91 Å². The molecular weight excluding hydrogens is 469 g/mol. The molecule has 1 atom stereocenters. The van der Waals surface area contributed by atoms with Crippen LogP contribution in [0.2, 0.25) is 10.0 Å². The van der Waals surface area contributed by atoms with Crippen molar-refractivity contribution in [2.45, 2.75) is 44.1 Å². The molecule has 0 saturated heterocycles. The predicted octanol–water partition coefficient (Wildman–Crippen LogP) is 5.56. The molecule has 1 aromatic heterocycles. The van der Waals surface area contributed by atoms with Gasteiger partial charge in [0.1, 0.15) is 0 Å². The summed E-state index contributed by atoms with van der Waals surface area (Å²) < 4.78 is 7.02. The van der Waals surface area contributed by atoms with Gasteiger partial charge >= 0.3 is 0 Å². The summed E-state index contributed by atoms with van der Waals surface area (Å²) in [6.07, 6.45) is 0.657. The van der Waals surface area contributed by atoms with Gasteiger partial charge in [-0.1, -0.05) is 41.0 Å². The number of ether oxygens (including phenoxy) is 1. The summed E-state index contributed by atoms with van der Waals surface area (Å²) >= 11 is 13.5. The molecule has 0 fully saturated rings. The summed E-state index contributed by atoms with van der Waals surface area (Å²) in [7, 11) is 0. The molecular formula is C23H25Cl2N3O3S. The number of halogens is 2. The molecule has 1 heterocycles. The highest BCUT2D eigenvalue weighted by Gasteiger charge is 2.20. The van der Waals surface area contributed by atoms with Crippen molar-refractivity contribution in [1.29, 1.82) is 0 Å². The van der Waals surface area contributed by atoms with Gasteiger partial charge in [0, 0.05) is 35.5 Å². The Morgan fingerprint density at radius 3 is 2.81 bits per heavy atom. The number of thioether (sulfide) groups is 1. The van der Waals surface area contributed by atoms with Gasteiger partial charge in [-0.25, -0.2) is 4.98 Å². The number of rotatable bonds is 9. The largest absolute Gasteiger partial charge is 0.382 e. The highest BCUT2D eigenvalue weighted by atomic mass is 35.5. The maximum Gasteiger partial charge on any atom is 0.262 e. The van der Waals surface area contributed by atoms with Gasteiger partial charge in [0.15, 0.2) is 5.16 Å². The highest BCUT2D eigenvalue weighted by Crippen LogP contribution is 2.27. The number of carbonyl (C=O) groups is 1. The minimum Gasteiger partial charge on any atom is -0.382 e. The van der Waals surface area contributed by atoms with Gasteiger partial charge in [0.05, 0.1) is 16.2 Å². The van der Waals surface area contributed by atoms with Crippen LogP contribution in [0.3, 0.4) is 0 Å². The van der Waals surface area contributed by atoms with Crippen molar-refractivity contribution in [2.75, 3.05) is 18.5 Å². The zero-order valence-electron chi connectivity index (χ0n) is 18.2. The lowest BCUT2D eigenvalue weighted by Crippen LogP contribution is -2.27. The molecule has 0 spiro atoms. The fourth-order valence-electron chi connectivity index (χ4n) is 3.12. The SMILES string of the molecule is CCOCCCn1c(SC(C)C(=O)Nc2cccc(Cl)c2C)nc2cc(Cl)ccc2c1=O. The van der Waals surface area contributed by atoms with Crippen LogP contribution in [0.25, 0.3) is 10.9 Å². The topological polar surface area (TPSA) is 73.2 Å². The first-order valence-electron chi connectivity index (χ1n) is 10.3. The number of amides is 1. The van der Waals surface area contributed by atoms with E-state index < -0.39 is 5.25 Å². The predicted molar refractivity (Wildman–Crippen MR) is 132 cm³/mol. The average Bonchev–Trinajstić information content (AvgIpc) is 2.75. The first-order chi connectivity index (χ1) is 15.3. The van der Waals surface area contributed by atoms with Crippen molar-refractivity contribution in [2.24, 2.45) is 0 Å². The fourth-order valence-corrected chi connectivity index (χ4v) is 4.39. The molecule has 0 aliphatic rings. The van der Waals surface area contributed by atoms with Crippen LogP contribution in [0.4, 0.5) is 5.69 Å². The van der Waals surface area contributed by atoms with Gasteiger partial charge in [-0.2, -0.15) is 0 Å². The lowest BCUT2D eigenvalue weighted by atomic mass is 10.2. The standard InChI is InChI=1S/C23H25Cl2N3O3S/c1-4-31-12-6-11-28-22(30)17-10-9-16(24)13-20(17)27-23(28)32-15(3)21(29)26-19-8-5-7-18(25)14(19)2/h5,7-10,13,15H,4,6,11-12H2,1-3H3,(H,26,29).